The number of ether oxygens (including phenoxy) is 2. The third-order valence-electron chi connectivity index (χ3n) is 13.2. The first-order valence-corrected chi connectivity index (χ1v) is 26.8. The van der Waals surface area contributed by atoms with E-state index in [9.17, 15) is 10.2 Å². The van der Waals surface area contributed by atoms with E-state index in [0.717, 1.165) is 92.8 Å². The average Bonchev–Trinajstić information content (AvgIpc) is 3.26. The molecule has 0 fully saturated rings. The number of benzene rings is 6. The van der Waals surface area contributed by atoms with Crippen LogP contribution in [0.5, 0.6) is 23.0 Å². The van der Waals surface area contributed by atoms with Crippen molar-refractivity contribution < 1.29 is 51.0 Å². The van der Waals surface area contributed by atoms with E-state index in [0.29, 0.717) is 36.7 Å². The summed E-state index contributed by atoms with van der Waals surface area (Å²) in [5, 5.41) is 32.3. The van der Waals surface area contributed by atoms with Gasteiger partial charge in [-0.3, -0.25) is 0 Å². The van der Waals surface area contributed by atoms with Crippen LogP contribution in [-0.4, -0.2) is 44.6 Å². The van der Waals surface area contributed by atoms with E-state index in [-0.39, 0.29) is 62.2 Å². The Labute approximate surface area is 468 Å². The van der Waals surface area contributed by atoms with E-state index >= 15 is 0 Å². The van der Waals surface area contributed by atoms with E-state index in [4.69, 9.17) is 14.6 Å². The number of aromatic hydroxyl groups is 4. The largest absolute Gasteiger partial charge is 0.582 e. The Morgan fingerprint density at radius 2 is 0.784 bits per heavy atom. The molecule has 0 saturated heterocycles. The first kappa shape index (κ1) is 63.7. The molecular formula is C68H95O5Zr+. The summed E-state index contributed by atoms with van der Waals surface area (Å²) in [7, 11) is 0. The van der Waals surface area contributed by atoms with E-state index in [1.54, 1.807) is 6.92 Å². The second-order valence-corrected chi connectivity index (χ2v) is 24.8. The molecule has 0 atom stereocenters. The molecule has 6 aromatic rings. The molecule has 0 unspecified atom stereocenters. The van der Waals surface area contributed by atoms with Gasteiger partial charge in [0.25, 0.3) is 11.5 Å². The quantitative estimate of drug-likeness (QED) is 0.0513. The molecule has 6 aromatic carbocycles. The van der Waals surface area contributed by atoms with Crippen molar-refractivity contribution in [3.05, 3.63) is 149 Å². The fraction of sp³-hybridized carbons (Fsp3) is 0.456. The van der Waals surface area contributed by atoms with Gasteiger partial charge in [0.1, 0.15) is 17.9 Å². The van der Waals surface area contributed by atoms with E-state index in [1.165, 1.54) is 33.4 Å². The van der Waals surface area contributed by atoms with Crippen LogP contribution in [0, 0.1) is 39.0 Å². The molecule has 0 saturated carbocycles. The molecule has 400 valence electrons. The van der Waals surface area contributed by atoms with Gasteiger partial charge in [-0.15, -0.1) is 0 Å². The molecule has 0 heterocycles. The minimum absolute atomic E-state index is 0. The molecular weight excluding hydrogens is 988 g/mol. The van der Waals surface area contributed by atoms with Crippen molar-refractivity contribution in [3.8, 4) is 67.5 Å². The van der Waals surface area contributed by atoms with Crippen LogP contribution in [0.15, 0.2) is 97.1 Å². The Bertz CT molecular complexity index is 2770. The van der Waals surface area contributed by atoms with Crippen LogP contribution in [0.4, 0.5) is 0 Å². The molecule has 5 nitrogen and oxygen atoms in total. The second kappa shape index (κ2) is 26.9. The maximum absolute atomic E-state index is 12.4. The van der Waals surface area contributed by atoms with Gasteiger partial charge in [0.15, 0.2) is 13.2 Å². The summed E-state index contributed by atoms with van der Waals surface area (Å²) < 4.78 is 10.5. The van der Waals surface area contributed by atoms with E-state index in [2.05, 4.69) is 215 Å². The Balaban J connectivity index is 0.00000282. The second-order valence-electron chi connectivity index (χ2n) is 24.8. The van der Waals surface area contributed by atoms with Crippen molar-refractivity contribution in [2.75, 3.05) is 19.8 Å². The number of aliphatic hydroxyl groups is 3. The van der Waals surface area contributed by atoms with Crippen molar-refractivity contribution >= 4 is 0 Å². The Hall–Kier alpha value is -4.64. The van der Waals surface area contributed by atoms with Crippen LogP contribution in [-0.2, 0) is 61.7 Å². The van der Waals surface area contributed by atoms with Crippen LogP contribution in [0.2, 0.25) is 0 Å². The summed E-state index contributed by atoms with van der Waals surface area (Å²) in [4.78, 5) is 0. The zero-order valence-corrected chi connectivity index (χ0v) is 51.6. The topological polar surface area (TPSA) is 86.3 Å². The predicted molar refractivity (Wildman–Crippen MR) is 316 cm³/mol. The molecule has 0 aliphatic carbocycles. The van der Waals surface area contributed by atoms with Gasteiger partial charge in [0.05, 0.1) is 11.1 Å². The van der Waals surface area contributed by atoms with Gasteiger partial charge < -0.3 is 32.2 Å². The molecule has 0 bridgehead atoms. The monoisotopic (exact) mass is 1080 g/mol. The average molecular weight is 1080 g/mol. The summed E-state index contributed by atoms with van der Waals surface area (Å²) in [5.74, 6) is 3.84. The first-order valence-electron chi connectivity index (χ1n) is 26.8. The fourth-order valence-corrected chi connectivity index (χ4v) is 9.51. The Kier molecular flexibility index (Phi) is 23.1. The van der Waals surface area contributed by atoms with Crippen LogP contribution in [0.25, 0.3) is 44.5 Å². The van der Waals surface area contributed by atoms with Crippen LogP contribution < -0.4 is 0 Å². The van der Waals surface area contributed by atoms with Gasteiger partial charge in [0.2, 0.25) is 0 Å². The van der Waals surface area contributed by atoms with Gasteiger partial charge in [-0.25, -0.2) is 0 Å². The van der Waals surface area contributed by atoms with Crippen molar-refractivity contribution in [2.45, 2.75) is 167 Å². The van der Waals surface area contributed by atoms with Crippen molar-refractivity contribution in [2.24, 2.45) is 17.8 Å². The zero-order chi connectivity index (χ0) is 53.5. The zero-order valence-electron chi connectivity index (χ0n) is 49.2. The molecule has 0 radical (unpaired) electrons. The fourth-order valence-electron chi connectivity index (χ4n) is 9.51. The van der Waals surface area contributed by atoms with E-state index in [1.807, 2.05) is 0 Å². The summed E-state index contributed by atoms with van der Waals surface area (Å²) in [6.45, 7) is 41.1. The summed E-state index contributed by atoms with van der Waals surface area (Å²) in [5.41, 5.74) is 16.9. The SMILES string of the molecule is CCO.Cc1cc(-c2cc(CC(C)C)cc(C(C)(C)C)c2)c(O)c(-c2cc(CC(C)C)ccc2[OH+]CCC[OH+]c2ccc(C(C)(C)C)cc2-c2cc(C)cc(-c3cc(CC(C)C)cc(C(C)(C)C)c3)c2O)c1.[CH3-].[Zr]. The first-order chi connectivity index (χ1) is 33.6. The maximum Gasteiger partial charge on any atom is 0.262 e. The van der Waals surface area contributed by atoms with Gasteiger partial charge in [-0.2, -0.15) is 0 Å². The number of aryl methyl sites for hydroxylation is 2. The van der Waals surface area contributed by atoms with Gasteiger partial charge in [0, 0.05) is 67.2 Å². The third-order valence-corrected chi connectivity index (χ3v) is 13.2. The molecule has 0 aliphatic rings. The van der Waals surface area contributed by atoms with Crippen molar-refractivity contribution in [3.63, 3.8) is 0 Å². The number of hydrogen-bond acceptors (Lipinski definition) is 3. The van der Waals surface area contributed by atoms with Gasteiger partial charge >= 0.3 is 0 Å². The number of phenols is 2. The number of aliphatic hydroxyl groups excluding tert-OH is 1. The molecule has 6 heteroatoms. The molecule has 0 amide bonds. The molecule has 0 spiro atoms. The van der Waals surface area contributed by atoms with E-state index < -0.39 is 0 Å². The third kappa shape index (κ3) is 17.2. The van der Waals surface area contributed by atoms with Crippen LogP contribution in [0.1, 0.15) is 162 Å². The summed E-state index contributed by atoms with van der Waals surface area (Å²) in [6.07, 6.45) is 3.63. The van der Waals surface area contributed by atoms with Crippen LogP contribution >= 0.6 is 0 Å². The summed E-state index contributed by atoms with van der Waals surface area (Å²) in [6, 6.07) is 35.4. The molecule has 74 heavy (non-hydrogen) atoms. The minimum Gasteiger partial charge on any atom is -0.582 e. The number of rotatable bonds is 16. The molecule has 0 aliphatic heterocycles. The van der Waals surface area contributed by atoms with Crippen molar-refractivity contribution in [1.29, 1.82) is 0 Å². The number of hydrogen-bond donors (Lipinski definition) is 3. The van der Waals surface area contributed by atoms with Gasteiger partial charge in [-0.1, -0.05) is 140 Å². The smallest absolute Gasteiger partial charge is 0.262 e. The minimum atomic E-state index is -0.0939. The normalized spacial score (nSPS) is 11.8. The Morgan fingerprint density at radius 3 is 1.16 bits per heavy atom. The van der Waals surface area contributed by atoms with Gasteiger partial charge in [-0.05, 0) is 178 Å². The standard InChI is InChI=1S/C65H84O4.C2H6O.CH3.Zr/c1-40(2)25-45-19-21-59(55(36-45)57-30-43(7)28-53(61(57)66)48-32-46(26-41(3)4)34-51(37-48)64(12,13)14)68-23-18-24-69-60-22-20-50(63(9,10)11)39-56(60)58-31-44(8)29-54(62(58)67)49-33-47(27-42(5)6)35-52(38-49)65(15,16)17;1-2-3;;/h19-22,28-42,66-67H,18,23-27H2,1-17H3;3H,2H2,1H3;1H3;/q;;-1;/p+2. The molecule has 5 N–H and O–H groups in total. The van der Waals surface area contributed by atoms with Crippen molar-refractivity contribution in [1.82, 2.24) is 0 Å². The molecule has 6 rings (SSSR count). The maximum atomic E-state index is 12.4. The molecule has 0 aromatic heterocycles. The number of phenolic OH excluding ortho intramolecular Hbond substituents is 2. The predicted octanol–water partition coefficient (Wildman–Crippen LogP) is 17.9. The van der Waals surface area contributed by atoms with Crippen LogP contribution in [0.3, 0.4) is 0 Å². The summed E-state index contributed by atoms with van der Waals surface area (Å²) >= 11 is 0. The Morgan fingerprint density at radius 1 is 0.432 bits per heavy atom.